The van der Waals surface area contributed by atoms with Gasteiger partial charge in [0.15, 0.2) is 0 Å². The van der Waals surface area contributed by atoms with E-state index >= 15 is 0 Å². The highest BCUT2D eigenvalue weighted by molar-refractivity contribution is 7.95. The van der Waals surface area contributed by atoms with Crippen molar-refractivity contribution in [3.05, 3.63) is 47.6 Å². The molecule has 6 nitrogen and oxygen atoms in total. The van der Waals surface area contributed by atoms with Crippen molar-refractivity contribution in [2.45, 2.75) is 58.8 Å². The Kier molecular flexibility index (Phi) is 11.1. The summed E-state index contributed by atoms with van der Waals surface area (Å²) >= 11 is 1.90. The first-order valence-electron chi connectivity index (χ1n) is 12.6. The van der Waals surface area contributed by atoms with Gasteiger partial charge in [-0.25, -0.2) is 4.31 Å². The third-order valence-electron chi connectivity index (χ3n) is 5.88. The topological polar surface area (TPSA) is 44.2 Å². The summed E-state index contributed by atoms with van der Waals surface area (Å²) in [6, 6.07) is 3.95. The Hall–Kier alpha value is -1.99. The van der Waals surface area contributed by atoms with Crippen LogP contribution in [0.25, 0.3) is 0 Å². The van der Waals surface area contributed by atoms with Crippen LogP contribution in [0.2, 0.25) is 0 Å². The minimum absolute atomic E-state index is 0.746. The molecular formula is C26H41N5OS. The molecule has 0 saturated carbocycles. The second-order valence-corrected chi connectivity index (χ2v) is 9.85. The van der Waals surface area contributed by atoms with E-state index in [1.54, 1.807) is 6.20 Å². The summed E-state index contributed by atoms with van der Waals surface area (Å²) in [4.78, 5) is 11.1. The normalized spacial score (nSPS) is 17.1. The average molecular weight is 472 g/mol. The lowest BCUT2D eigenvalue weighted by Crippen LogP contribution is -2.24. The lowest BCUT2D eigenvalue weighted by atomic mass is 10.1. The number of aliphatic imine (C=N–C) groups is 1. The number of pyridine rings is 1. The molecule has 0 amide bonds. The molecule has 1 aromatic heterocycles. The van der Waals surface area contributed by atoms with Crippen LogP contribution in [0.15, 0.2) is 46.9 Å². The monoisotopic (exact) mass is 471 g/mol. The number of unbranched alkanes of at least 4 members (excludes halogenated alkanes) is 3. The van der Waals surface area contributed by atoms with Crippen LogP contribution < -0.4 is 4.74 Å². The van der Waals surface area contributed by atoms with E-state index in [0.717, 1.165) is 63.6 Å². The van der Waals surface area contributed by atoms with Gasteiger partial charge in [0, 0.05) is 69.5 Å². The number of rotatable bonds is 14. The minimum Gasteiger partial charge on any atom is -0.492 e. The maximum atomic E-state index is 5.85. The average Bonchev–Trinajstić information content (AvgIpc) is 3.31. The highest BCUT2D eigenvalue weighted by Gasteiger charge is 2.24. The summed E-state index contributed by atoms with van der Waals surface area (Å²) < 4.78 is 10.8. The van der Waals surface area contributed by atoms with Crippen molar-refractivity contribution in [3.63, 3.8) is 0 Å². The fourth-order valence-corrected chi connectivity index (χ4v) is 4.87. The Labute approximate surface area is 205 Å². The molecule has 2 aliphatic rings. The molecule has 3 rings (SSSR count). The highest BCUT2D eigenvalue weighted by Crippen LogP contribution is 2.31. The fraction of sp³-hybridized carbons (Fsp3) is 0.615. The van der Waals surface area contributed by atoms with E-state index < -0.39 is 0 Å². The quantitative estimate of drug-likeness (QED) is 0.202. The first kappa shape index (κ1) is 25.6. The third-order valence-corrected chi connectivity index (χ3v) is 7.06. The summed E-state index contributed by atoms with van der Waals surface area (Å²) in [5.41, 5.74) is 3.75. The Balaban J connectivity index is 1.29. The molecule has 0 bridgehead atoms. The summed E-state index contributed by atoms with van der Waals surface area (Å²) in [5.74, 6) is 0.839. The fourth-order valence-electron chi connectivity index (χ4n) is 3.83. The molecule has 3 heterocycles. The molecule has 1 fully saturated rings. The van der Waals surface area contributed by atoms with Crippen molar-refractivity contribution in [2.75, 3.05) is 46.4 Å². The second-order valence-electron chi connectivity index (χ2n) is 8.72. The van der Waals surface area contributed by atoms with E-state index in [-0.39, 0.29) is 0 Å². The first-order valence-corrected chi connectivity index (χ1v) is 13.3. The number of nitrogens with zero attached hydrogens (tertiary/aromatic N) is 5. The van der Waals surface area contributed by atoms with E-state index in [9.17, 15) is 0 Å². The molecule has 182 valence electrons. The van der Waals surface area contributed by atoms with E-state index in [4.69, 9.17) is 4.74 Å². The van der Waals surface area contributed by atoms with Gasteiger partial charge in [-0.2, -0.15) is 0 Å². The van der Waals surface area contributed by atoms with Gasteiger partial charge in [-0.05, 0) is 62.8 Å². The first-order chi connectivity index (χ1) is 16.2. The zero-order valence-electron chi connectivity index (χ0n) is 20.7. The number of hydrogen-bond donors (Lipinski definition) is 0. The van der Waals surface area contributed by atoms with Crippen molar-refractivity contribution >= 4 is 18.3 Å². The van der Waals surface area contributed by atoms with Crippen molar-refractivity contribution in [3.8, 4) is 5.75 Å². The number of likely N-dealkylation sites (N-methyl/N-ethyl adjacent to an activating group) is 1. The summed E-state index contributed by atoms with van der Waals surface area (Å²) in [7, 11) is 2.21. The molecule has 0 aromatic carbocycles. The van der Waals surface area contributed by atoms with Gasteiger partial charge >= 0.3 is 0 Å². The van der Waals surface area contributed by atoms with Gasteiger partial charge in [-0.15, -0.1) is 0 Å². The van der Waals surface area contributed by atoms with Crippen LogP contribution in [0.3, 0.4) is 0 Å². The van der Waals surface area contributed by atoms with Gasteiger partial charge in [0.1, 0.15) is 5.75 Å². The molecule has 0 aliphatic carbocycles. The summed E-state index contributed by atoms with van der Waals surface area (Å²) in [6.45, 7) is 10.4. The predicted octanol–water partition coefficient (Wildman–Crippen LogP) is 5.54. The number of ether oxygens (including phenoxy) is 1. The van der Waals surface area contributed by atoms with Crippen LogP contribution in [0.5, 0.6) is 5.75 Å². The van der Waals surface area contributed by atoms with Crippen molar-refractivity contribution in [2.24, 2.45) is 4.99 Å². The van der Waals surface area contributed by atoms with Crippen LogP contribution in [-0.2, 0) is 0 Å². The Morgan fingerprint density at radius 3 is 2.82 bits per heavy atom. The van der Waals surface area contributed by atoms with Gasteiger partial charge in [0.2, 0.25) is 0 Å². The largest absolute Gasteiger partial charge is 0.492 e. The SMILES string of the molecule is CCCCC1=CC(N2CCN(CCCCCOc3ccc(C=NCCC)nc3)S2)=CCN1C. The van der Waals surface area contributed by atoms with Crippen molar-refractivity contribution in [1.29, 1.82) is 0 Å². The lowest BCUT2D eigenvalue weighted by Gasteiger charge is -2.29. The Bertz CT molecular complexity index is 792. The van der Waals surface area contributed by atoms with Crippen molar-refractivity contribution in [1.82, 2.24) is 18.5 Å². The van der Waals surface area contributed by atoms with Gasteiger partial charge in [-0.3, -0.25) is 9.98 Å². The second kappa shape index (κ2) is 14.3. The van der Waals surface area contributed by atoms with Gasteiger partial charge in [-0.1, -0.05) is 20.3 Å². The van der Waals surface area contributed by atoms with Crippen molar-refractivity contribution < 1.29 is 4.74 Å². The molecule has 33 heavy (non-hydrogen) atoms. The summed E-state index contributed by atoms with van der Waals surface area (Å²) in [5, 5.41) is 0. The molecule has 2 aliphatic heterocycles. The maximum Gasteiger partial charge on any atom is 0.137 e. The molecule has 0 N–H and O–H groups in total. The minimum atomic E-state index is 0.746. The molecule has 1 aromatic rings. The Morgan fingerprint density at radius 1 is 1.12 bits per heavy atom. The van der Waals surface area contributed by atoms with Crippen LogP contribution in [-0.4, -0.2) is 71.1 Å². The van der Waals surface area contributed by atoms with E-state index in [0.29, 0.717) is 0 Å². The lowest BCUT2D eigenvalue weighted by molar-refractivity contribution is 0.301. The predicted molar refractivity (Wildman–Crippen MR) is 141 cm³/mol. The van der Waals surface area contributed by atoms with Crippen LogP contribution in [0, 0.1) is 0 Å². The van der Waals surface area contributed by atoms with E-state index in [1.807, 2.05) is 30.5 Å². The van der Waals surface area contributed by atoms with Crippen LogP contribution >= 0.6 is 12.1 Å². The van der Waals surface area contributed by atoms with Gasteiger partial charge in [0.05, 0.1) is 18.5 Å². The van der Waals surface area contributed by atoms with E-state index in [2.05, 4.69) is 56.5 Å². The van der Waals surface area contributed by atoms with Gasteiger partial charge < -0.3 is 13.9 Å². The van der Waals surface area contributed by atoms with Crippen LogP contribution in [0.1, 0.15) is 64.5 Å². The molecule has 0 spiro atoms. The Morgan fingerprint density at radius 2 is 2.03 bits per heavy atom. The van der Waals surface area contributed by atoms with Gasteiger partial charge in [0.25, 0.3) is 0 Å². The molecule has 7 heteroatoms. The molecular weight excluding hydrogens is 430 g/mol. The number of aromatic nitrogens is 1. The zero-order chi connectivity index (χ0) is 23.3. The zero-order valence-corrected chi connectivity index (χ0v) is 21.5. The summed E-state index contributed by atoms with van der Waals surface area (Å²) in [6.07, 6.45) is 16.6. The highest BCUT2D eigenvalue weighted by atomic mass is 32.2. The maximum absolute atomic E-state index is 5.85. The van der Waals surface area contributed by atoms with E-state index in [1.165, 1.54) is 43.5 Å². The molecule has 1 saturated heterocycles. The third kappa shape index (κ3) is 8.70. The smallest absolute Gasteiger partial charge is 0.137 e. The molecule has 0 atom stereocenters. The number of hydrogen-bond acceptors (Lipinski definition) is 7. The molecule has 0 radical (unpaired) electrons. The van der Waals surface area contributed by atoms with Crippen LogP contribution in [0.4, 0.5) is 0 Å². The standard InChI is InChI=1S/C26H41N5OS/c1-4-6-10-24-20-25(13-16-29(24)3)31-18-17-30(33-31)15-8-7-9-19-32-26-12-11-23(28-22-26)21-27-14-5-2/h11-13,20-22H,4-10,14-19H2,1-3H3. The number of allylic oxidation sites excluding steroid dienone is 2. The molecule has 0 unspecified atom stereocenters.